The van der Waals surface area contributed by atoms with Crippen molar-refractivity contribution in [2.75, 3.05) is 5.32 Å². The van der Waals surface area contributed by atoms with Gasteiger partial charge in [0.15, 0.2) is 0 Å². The minimum atomic E-state index is -0.965. The third-order valence-electron chi connectivity index (χ3n) is 3.18. The first-order valence-electron chi connectivity index (χ1n) is 6.50. The van der Waals surface area contributed by atoms with Crippen molar-refractivity contribution >= 4 is 22.7 Å². The number of aromatic carboxylic acids is 1. The molecule has 0 saturated carbocycles. The van der Waals surface area contributed by atoms with E-state index in [2.05, 4.69) is 15.3 Å². The minimum absolute atomic E-state index is 0.212. The highest BCUT2D eigenvalue weighted by atomic mass is 16.4. The molecule has 0 radical (unpaired) electrons. The van der Waals surface area contributed by atoms with Crippen molar-refractivity contribution in [2.24, 2.45) is 0 Å². The quantitative estimate of drug-likeness (QED) is 0.768. The lowest BCUT2D eigenvalue weighted by Gasteiger charge is -2.08. The van der Waals surface area contributed by atoms with E-state index in [4.69, 9.17) is 5.11 Å². The van der Waals surface area contributed by atoms with E-state index in [1.54, 1.807) is 6.20 Å². The second-order valence-electron chi connectivity index (χ2n) is 4.58. The molecule has 0 aliphatic heterocycles. The van der Waals surface area contributed by atoms with Crippen molar-refractivity contribution in [3.63, 3.8) is 0 Å². The van der Waals surface area contributed by atoms with Gasteiger partial charge in [-0.25, -0.2) is 9.78 Å². The average molecular weight is 279 g/mol. The van der Waals surface area contributed by atoms with Crippen LogP contribution >= 0.6 is 0 Å². The molecule has 0 spiro atoms. The van der Waals surface area contributed by atoms with Crippen molar-refractivity contribution < 1.29 is 9.90 Å². The van der Waals surface area contributed by atoms with Crippen LogP contribution in [0.1, 0.15) is 15.9 Å². The Morgan fingerprint density at radius 2 is 1.95 bits per heavy atom. The fraction of sp³-hybridized carbons (Fsp3) is 0.0625. The Hall–Kier alpha value is -2.95. The van der Waals surface area contributed by atoms with Crippen LogP contribution < -0.4 is 5.32 Å². The van der Waals surface area contributed by atoms with Gasteiger partial charge in [-0.05, 0) is 23.8 Å². The molecule has 0 aliphatic carbocycles. The van der Waals surface area contributed by atoms with E-state index in [1.165, 1.54) is 18.3 Å². The first kappa shape index (κ1) is 13.1. The summed E-state index contributed by atoms with van der Waals surface area (Å²) >= 11 is 0. The van der Waals surface area contributed by atoms with Gasteiger partial charge >= 0.3 is 5.97 Å². The topological polar surface area (TPSA) is 75.1 Å². The van der Waals surface area contributed by atoms with Crippen LogP contribution in [0.3, 0.4) is 0 Å². The van der Waals surface area contributed by atoms with E-state index in [0.29, 0.717) is 12.4 Å². The van der Waals surface area contributed by atoms with Gasteiger partial charge < -0.3 is 10.4 Å². The Balaban J connectivity index is 1.84. The van der Waals surface area contributed by atoms with Crippen molar-refractivity contribution in [1.82, 2.24) is 9.97 Å². The van der Waals surface area contributed by atoms with Gasteiger partial charge in [0.1, 0.15) is 5.82 Å². The van der Waals surface area contributed by atoms with Crippen molar-refractivity contribution in [2.45, 2.75) is 6.54 Å². The number of nitrogens with zero attached hydrogens (tertiary/aromatic N) is 2. The fourth-order valence-electron chi connectivity index (χ4n) is 2.16. The van der Waals surface area contributed by atoms with Crippen LogP contribution in [0.15, 0.2) is 54.9 Å². The maximum Gasteiger partial charge on any atom is 0.335 e. The number of carboxylic acid groups (broad SMARTS) is 1. The predicted molar refractivity (Wildman–Crippen MR) is 80.3 cm³/mol. The molecule has 0 bridgehead atoms. The standard InChI is InChI=1S/C16H13N3O2/c20-16(21)12-6-8-17-14(9-12)19-10-13-4-1-3-11-5-2-7-18-15(11)13/h1-9H,10H2,(H,17,19)(H,20,21). The second-order valence-corrected chi connectivity index (χ2v) is 4.58. The molecular weight excluding hydrogens is 266 g/mol. The number of hydrogen-bond donors (Lipinski definition) is 2. The van der Waals surface area contributed by atoms with Gasteiger partial charge in [0.25, 0.3) is 0 Å². The van der Waals surface area contributed by atoms with Gasteiger partial charge in [-0.2, -0.15) is 0 Å². The molecule has 2 aromatic heterocycles. The van der Waals surface area contributed by atoms with Gasteiger partial charge in [0.05, 0.1) is 11.1 Å². The predicted octanol–water partition coefficient (Wildman–Crippen LogP) is 2.94. The van der Waals surface area contributed by atoms with Crippen LogP contribution in [0, 0.1) is 0 Å². The van der Waals surface area contributed by atoms with E-state index in [-0.39, 0.29) is 5.56 Å². The number of anilines is 1. The van der Waals surface area contributed by atoms with Crippen molar-refractivity contribution in [3.05, 3.63) is 66.0 Å². The lowest BCUT2D eigenvalue weighted by Crippen LogP contribution is -2.04. The largest absolute Gasteiger partial charge is 0.478 e. The molecule has 2 N–H and O–H groups in total. The highest BCUT2D eigenvalue weighted by Gasteiger charge is 2.05. The summed E-state index contributed by atoms with van der Waals surface area (Å²) < 4.78 is 0. The van der Waals surface area contributed by atoms with Crippen LogP contribution in [0.25, 0.3) is 10.9 Å². The summed E-state index contributed by atoms with van der Waals surface area (Å²) in [4.78, 5) is 19.4. The summed E-state index contributed by atoms with van der Waals surface area (Å²) in [5, 5.41) is 13.2. The number of rotatable bonds is 4. The molecule has 0 unspecified atom stereocenters. The highest BCUT2D eigenvalue weighted by Crippen LogP contribution is 2.17. The number of carboxylic acids is 1. The van der Waals surface area contributed by atoms with Crippen LogP contribution in [0.5, 0.6) is 0 Å². The van der Waals surface area contributed by atoms with E-state index in [9.17, 15) is 4.79 Å². The van der Waals surface area contributed by atoms with Gasteiger partial charge in [-0.15, -0.1) is 0 Å². The zero-order valence-corrected chi connectivity index (χ0v) is 11.2. The molecular formula is C16H13N3O2. The monoisotopic (exact) mass is 279 g/mol. The van der Waals surface area contributed by atoms with Gasteiger partial charge in [0, 0.05) is 24.3 Å². The summed E-state index contributed by atoms with van der Waals surface area (Å²) in [6, 6.07) is 12.9. The Morgan fingerprint density at radius 3 is 2.81 bits per heavy atom. The number of hydrogen-bond acceptors (Lipinski definition) is 4. The molecule has 5 nitrogen and oxygen atoms in total. The van der Waals surface area contributed by atoms with Crippen LogP contribution in [0.2, 0.25) is 0 Å². The zero-order valence-electron chi connectivity index (χ0n) is 11.2. The molecule has 3 aromatic rings. The molecule has 3 rings (SSSR count). The number of pyridine rings is 2. The van der Waals surface area contributed by atoms with Crippen LogP contribution in [-0.2, 0) is 6.54 Å². The Kier molecular flexibility index (Phi) is 3.47. The first-order valence-corrected chi connectivity index (χ1v) is 6.50. The van der Waals surface area contributed by atoms with Crippen molar-refractivity contribution in [1.29, 1.82) is 0 Å². The van der Waals surface area contributed by atoms with Gasteiger partial charge in [-0.1, -0.05) is 24.3 Å². The van der Waals surface area contributed by atoms with Crippen molar-refractivity contribution in [3.8, 4) is 0 Å². The fourth-order valence-corrected chi connectivity index (χ4v) is 2.16. The smallest absolute Gasteiger partial charge is 0.335 e. The molecule has 2 heterocycles. The Morgan fingerprint density at radius 1 is 1.10 bits per heavy atom. The Labute approximate surface area is 121 Å². The summed E-state index contributed by atoms with van der Waals surface area (Å²) in [6.07, 6.45) is 3.24. The normalized spacial score (nSPS) is 10.5. The third-order valence-corrected chi connectivity index (χ3v) is 3.18. The number of fused-ring (bicyclic) bond motifs is 1. The number of aromatic nitrogens is 2. The maximum atomic E-state index is 10.9. The summed E-state index contributed by atoms with van der Waals surface area (Å²) in [7, 11) is 0. The number of para-hydroxylation sites is 1. The molecule has 1 aromatic carbocycles. The van der Waals surface area contributed by atoms with E-state index < -0.39 is 5.97 Å². The lowest BCUT2D eigenvalue weighted by molar-refractivity contribution is 0.0697. The molecule has 0 aliphatic rings. The van der Waals surface area contributed by atoms with Gasteiger partial charge in [0.2, 0.25) is 0 Å². The molecule has 0 fully saturated rings. The molecule has 0 atom stereocenters. The minimum Gasteiger partial charge on any atom is -0.478 e. The molecule has 0 amide bonds. The van der Waals surface area contributed by atoms with Gasteiger partial charge in [-0.3, -0.25) is 4.98 Å². The van der Waals surface area contributed by atoms with Crippen LogP contribution in [-0.4, -0.2) is 21.0 Å². The molecule has 21 heavy (non-hydrogen) atoms. The third kappa shape index (κ3) is 2.81. The molecule has 5 heteroatoms. The maximum absolute atomic E-state index is 10.9. The summed E-state index contributed by atoms with van der Waals surface area (Å²) in [5.41, 5.74) is 2.18. The second kappa shape index (κ2) is 5.58. The number of carbonyl (C=O) groups is 1. The number of benzene rings is 1. The van der Waals surface area contributed by atoms with Crippen LogP contribution in [0.4, 0.5) is 5.82 Å². The molecule has 104 valence electrons. The SMILES string of the molecule is O=C(O)c1ccnc(NCc2cccc3cccnc23)c1. The lowest BCUT2D eigenvalue weighted by atomic mass is 10.1. The summed E-state index contributed by atoms with van der Waals surface area (Å²) in [5.74, 6) is -0.435. The van der Waals surface area contributed by atoms with E-state index in [1.807, 2.05) is 30.3 Å². The highest BCUT2D eigenvalue weighted by molar-refractivity contribution is 5.88. The zero-order chi connectivity index (χ0) is 14.7. The van der Waals surface area contributed by atoms with E-state index >= 15 is 0 Å². The first-order chi connectivity index (χ1) is 10.2. The summed E-state index contributed by atoms with van der Waals surface area (Å²) in [6.45, 7) is 0.532. The molecule has 0 saturated heterocycles. The Bertz CT molecular complexity index is 797. The number of nitrogens with one attached hydrogen (secondary N) is 1. The van der Waals surface area contributed by atoms with E-state index in [0.717, 1.165) is 16.5 Å². The average Bonchev–Trinajstić information content (AvgIpc) is 2.53.